The number of nitrogens with zero attached hydrogens (tertiary/aromatic N) is 3. The lowest BCUT2D eigenvalue weighted by molar-refractivity contribution is 0.777. The molecule has 4 nitrogen and oxygen atoms in total. The van der Waals surface area contributed by atoms with Crippen LogP contribution in [0, 0.1) is 3.57 Å². The van der Waals surface area contributed by atoms with Crippen LogP contribution in [0.4, 0.5) is 0 Å². The van der Waals surface area contributed by atoms with Gasteiger partial charge in [-0.3, -0.25) is 0 Å². The van der Waals surface area contributed by atoms with E-state index < -0.39 is 0 Å². The standard InChI is InChI=1S/C11H12BrIN4/c12-8-3-4-10(13)11(6-8)17-7-9(15-16-17)2-1-5-14/h3-4,6-7H,1-2,5,14H2. The Labute approximate surface area is 122 Å². The van der Waals surface area contributed by atoms with Crippen molar-refractivity contribution in [1.29, 1.82) is 0 Å². The van der Waals surface area contributed by atoms with Gasteiger partial charge in [-0.25, -0.2) is 4.68 Å². The number of nitrogens with two attached hydrogens (primary N) is 1. The van der Waals surface area contributed by atoms with Crippen LogP contribution in [0.2, 0.25) is 0 Å². The fourth-order valence-electron chi connectivity index (χ4n) is 1.48. The van der Waals surface area contributed by atoms with Crippen LogP contribution in [0.3, 0.4) is 0 Å². The fraction of sp³-hybridized carbons (Fsp3) is 0.273. The molecule has 2 aromatic rings. The third-order valence-electron chi connectivity index (χ3n) is 2.33. The van der Waals surface area contributed by atoms with E-state index in [4.69, 9.17) is 5.73 Å². The molecule has 1 aromatic carbocycles. The summed E-state index contributed by atoms with van der Waals surface area (Å²) in [5.41, 5.74) is 7.49. The molecule has 1 heterocycles. The molecule has 0 aliphatic rings. The number of aromatic nitrogens is 3. The lowest BCUT2D eigenvalue weighted by atomic mass is 10.2. The van der Waals surface area contributed by atoms with Gasteiger partial charge in [0.2, 0.25) is 0 Å². The highest BCUT2D eigenvalue weighted by Gasteiger charge is 2.06. The zero-order chi connectivity index (χ0) is 12.3. The highest BCUT2D eigenvalue weighted by Crippen LogP contribution is 2.21. The summed E-state index contributed by atoms with van der Waals surface area (Å²) in [4.78, 5) is 0. The molecule has 0 saturated carbocycles. The van der Waals surface area contributed by atoms with Crippen molar-refractivity contribution in [3.8, 4) is 5.69 Å². The van der Waals surface area contributed by atoms with Crippen LogP contribution in [0.25, 0.3) is 5.69 Å². The normalized spacial score (nSPS) is 10.8. The maximum Gasteiger partial charge on any atom is 0.0832 e. The topological polar surface area (TPSA) is 56.7 Å². The molecule has 0 aliphatic carbocycles. The summed E-state index contributed by atoms with van der Waals surface area (Å²) in [5, 5.41) is 8.28. The second-order valence-electron chi connectivity index (χ2n) is 3.64. The summed E-state index contributed by atoms with van der Waals surface area (Å²) < 4.78 is 3.98. The van der Waals surface area contributed by atoms with Crippen molar-refractivity contribution in [2.45, 2.75) is 12.8 Å². The maximum absolute atomic E-state index is 5.48. The van der Waals surface area contributed by atoms with Crippen molar-refractivity contribution in [2.75, 3.05) is 6.54 Å². The first-order chi connectivity index (χ1) is 8.20. The van der Waals surface area contributed by atoms with Crippen LogP contribution in [0.5, 0.6) is 0 Å². The van der Waals surface area contributed by atoms with E-state index >= 15 is 0 Å². The minimum atomic E-state index is 0.682. The van der Waals surface area contributed by atoms with E-state index in [1.165, 1.54) is 0 Å². The molecule has 1 aromatic heterocycles. The van der Waals surface area contributed by atoms with Gasteiger partial charge < -0.3 is 5.73 Å². The van der Waals surface area contributed by atoms with Crippen molar-refractivity contribution in [2.24, 2.45) is 5.73 Å². The quantitative estimate of drug-likeness (QED) is 0.793. The van der Waals surface area contributed by atoms with Gasteiger partial charge in [0, 0.05) is 8.04 Å². The van der Waals surface area contributed by atoms with Crippen LogP contribution < -0.4 is 5.73 Å². The number of hydrogen-bond acceptors (Lipinski definition) is 3. The molecule has 0 radical (unpaired) electrons. The molecule has 0 aliphatic heterocycles. The third-order valence-corrected chi connectivity index (χ3v) is 3.74. The van der Waals surface area contributed by atoms with Crippen LogP contribution in [0.1, 0.15) is 12.1 Å². The van der Waals surface area contributed by atoms with E-state index in [1.54, 1.807) is 4.68 Å². The molecule has 0 unspecified atom stereocenters. The smallest absolute Gasteiger partial charge is 0.0832 e. The maximum atomic E-state index is 5.48. The molecule has 90 valence electrons. The SMILES string of the molecule is NCCCc1cn(-c2cc(Br)ccc2I)nn1. The molecule has 0 fully saturated rings. The first kappa shape index (κ1) is 13.0. The molecule has 17 heavy (non-hydrogen) atoms. The van der Waals surface area contributed by atoms with Crippen molar-refractivity contribution in [1.82, 2.24) is 15.0 Å². The average Bonchev–Trinajstić information content (AvgIpc) is 2.78. The van der Waals surface area contributed by atoms with Gasteiger partial charge in [-0.05, 0) is 60.2 Å². The second-order valence-corrected chi connectivity index (χ2v) is 5.72. The molecular formula is C11H12BrIN4. The van der Waals surface area contributed by atoms with Gasteiger partial charge in [0.05, 0.1) is 17.6 Å². The van der Waals surface area contributed by atoms with E-state index in [1.807, 2.05) is 24.4 Å². The molecule has 6 heteroatoms. The molecule has 0 spiro atoms. The zero-order valence-electron chi connectivity index (χ0n) is 9.11. The minimum Gasteiger partial charge on any atom is -0.330 e. The lowest BCUT2D eigenvalue weighted by Gasteiger charge is -2.03. The lowest BCUT2D eigenvalue weighted by Crippen LogP contribution is -2.00. The Morgan fingerprint density at radius 2 is 2.24 bits per heavy atom. The first-order valence-electron chi connectivity index (χ1n) is 5.27. The van der Waals surface area contributed by atoms with E-state index in [0.717, 1.165) is 32.3 Å². The van der Waals surface area contributed by atoms with Crippen LogP contribution >= 0.6 is 38.5 Å². The zero-order valence-corrected chi connectivity index (χ0v) is 12.8. The monoisotopic (exact) mass is 406 g/mol. The molecule has 2 rings (SSSR count). The summed E-state index contributed by atoms with van der Waals surface area (Å²) >= 11 is 5.75. The van der Waals surface area contributed by atoms with Gasteiger partial charge in [-0.1, -0.05) is 21.1 Å². The van der Waals surface area contributed by atoms with Gasteiger partial charge in [-0.2, -0.15) is 0 Å². The van der Waals surface area contributed by atoms with Crippen molar-refractivity contribution < 1.29 is 0 Å². The van der Waals surface area contributed by atoms with Gasteiger partial charge in [0.15, 0.2) is 0 Å². The third kappa shape index (κ3) is 3.26. The molecule has 0 atom stereocenters. The predicted octanol–water partition coefficient (Wildman–Crippen LogP) is 2.53. The minimum absolute atomic E-state index is 0.682. The Hall–Kier alpha value is -0.470. The van der Waals surface area contributed by atoms with Crippen molar-refractivity contribution in [3.63, 3.8) is 0 Å². The average molecular weight is 407 g/mol. The van der Waals surface area contributed by atoms with Crippen LogP contribution in [-0.2, 0) is 6.42 Å². The van der Waals surface area contributed by atoms with Crippen molar-refractivity contribution >= 4 is 38.5 Å². The largest absolute Gasteiger partial charge is 0.330 e. The Balaban J connectivity index is 2.27. The van der Waals surface area contributed by atoms with E-state index in [9.17, 15) is 0 Å². The summed E-state index contributed by atoms with van der Waals surface area (Å²) in [5.74, 6) is 0. The highest BCUT2D eigenvalue weighted by atomic mass is 127. The van der Waals surface area contributed by atoms with Gasteiger partial charge in [0.1, 0.15) is 0 Å². The molecule has 0 bridgehead atoms. The second kappa shape index (κ2) is 5.92. The van der Waals surface area contributed by atoms with Gasteiger partial charge in [-0.15, -0.1) is 5.10 Å². The van der Waals surface area contributed by atoms with E-state index in [-0.39, 0.29) is 0 Å². The van der Waals surface area contributed by atoms with Crippen LogP contribution in [0.15, 0.2) is 28.9 Å². The van der Waals surface area contributed by atoms with E-state index in [2.05, 4.69) is 48.8 Å². The number of benzene rings is 1. The summed E-state index contributed by atoms with van der Waals surface area (Å²) in [7, 11) is 0. The Kier molecular flexibility index (Phi) is 4.52. The summed E-state index contributed by atoms with van der Waals surface area (Å²) in [6.07, 6.45) is 3.77. The molecular weight excluding hydrogens is 395 g/mol. The number of hydrogen-bond donors (Lipinski definition) is 1. The number of rotatable bonds is 4. The summed E-state index contributed by atoms with van der Waals surface area (Å²) in [6.45, 7) is 0.682. The van der Waals surface area contributed by atoms with Crippen molar-refractivity contribution in [3.05, 3.63) is 38.1 Å². The number of halogens is 2. The number of aryl methyl sites for hydroxylation is 1. The Bertz CT molecular complexity index is 512. The highest BCUT2D eigenvalue weighted by molar-refractivity contribution is 14.1. The fourth-order valence-corrected chi connectivity index (χ4v) is 2.41. The first-order valence-corrected chi connectivity index (χ1v) is 7.14. The van der Waals surface area contributed by atoms with E-state index in [0.29, 0.717) is 6.54 Å². The summed E-state index contributed by atoms with van der Waals surface area (Å²) in [6, 6.07) is 6.09. The van der Waals surface area contributed by atoms with Gasteiger partial charge in [0.25, 0.3) is 0 Å². The Morgan fingerprint density at radius 3 is 3.00 bits per heavy atom. The van der Waals surface area contributed by atoms with Gasteiger partial charge >= 0.3 is 0 Å². The van der Waals surface area contributed by atoms with Crippen LogP contribution in [-0.4, -0.2) is 21.5 Å². The Morgan fingerprint density at radius 1 is 1.41 bits per heavy atom. The molecule has 0 saturated heterocycles. The molecule has 0 amide bonds. The predicted molar refractivity (Wildman–Crippen MR) is 79.2 cm³/mol. The molecule has 2 N–H and O–H groups in total.